The smallest absolute Gasteiger partial charge is 0.326 e. The molecule has 0 bridgehead atoms. The fourth-order valence-corrected chi connectivity index (χ4v) is 5.58. The summed E-state index contributed by atoms with van der Waals surface area (Å²) in [5, 5.41) is 9.95. The third kappa shape index (κ3) is 12.5. The van der Waals surface area contributed by atoms with Crippen molar-refractivity contribution in [2.45, 2.75) is 102 Å². The summed E-state index contributed by atoms with van der Waals surface area (Å²) in [6.45, 7) is 6.53. The van der Waals surface area contributed by atoms with E-state index in [0.29, 0.717) is 16.9 Å². The minimum Gasteiger partial charge on any atom is -0.508 e. The number of rotatable bonds is 18. The summed E-state index contributed by atoms with van der Waals surface area (Å²) in [5.74, 6) is 2.18. The number of primary amides is 1. The predicted molar refractivity (Wildman–Crippen MR) is 152 cm³/mol. The van der Waals surface area contributed by atoms with Crippen molar-refractivity contribution < 1.29 is 14.6 Å². The van der Waals surface area contributed by atoms with Gasteiger partial charge in [-0.1, -0.05) is 77.3 Å². The van der Waals surface area contributed by atoms with Gasteiger partial charge in [-0.2, -0.15) is 0 Å². The SMILES string of the molecule is CCCCCCCCCCC(CC(C)SC(C)NNC(N)=O)c1ccc(Oc2ccc(O)cc2)cc1. The van der Waals surface area contributed by atoms with Crippen LogP contribution < -0.4 is 21.3 Å². The highest BCUT2D eigenvalue weighted by Gasteiger charge is 2.18. The van der Waals surface area contributed by atoms with E-state index < -0.39 is 6.03 Å². The summed E-state index contributed by atoms with van der Waals surface area (Å²) in [6.07, 6.45) is 12.8. The Labute approximate surface area is 221 Å². The molecule has 2 rings (SSSR count). The lowest BCUT2D eigenvalue weighted by Crippen LogP contribution is -2.44. The average Bonchev–Trinajstić information content (AvgIpc) is 2.85. The van der Waals surface area contributed by atoms with Crippen molar-refractivity contribution in [1.29, 1.82) is 0 Å². The first-order valence-corrected chi connectivity index (χ1v) is 14.3. The molecular formula is C29H45N3O3S. The maximum Gasteiger partial charge on any atom is 0.326 e. The summed E-state index contributed by atoms with van der Waals surface area (Å²) in [4.78, 5) is 11.0. The van der Waals surface area contributed by atoms with Crippen molar-refractivity contribution >= 4 is 17.8 Å². The van der Waals surface area contributed by atoms with E-state index in [1.54, 1.807) is 36.0 Å². The van der Waals surface area contributed by atoms with E-state index in [1.165, 1.54) is 63.4 Å². The number of benzene rings is 2. The summed E-state index contributed by atoms with van der Waals surface area (Å²) in [6, 6.07) is 14.6. The Hall–Kier alpha value is -2.38. The molecule has 7 heteroatoms. The van der Waals surface area contributed by atoms with E-state index in [-0.39, 0.29) is 11.1 Å². The number of ether oxygens (including phenoxy) is 1. The molecule has 0 aromatic heterocycles. The minimum absolute atomic E-state index is 0.0670. The van der Waals surface area contributed by atoms with Crippen molar-refractivity contribution in [3.05, 3.63) is 54.1 Å². The molecule has 0 radical (unpaired) electrons. The minimum atomic E-state index is -0.572. The van der Waals surface area contributed by atoms with Gasteiger partial charge in [-0.3, -0.25) is 5.43 Å². The van der Waals surface area contributed by atoms with Crippen LogP contribution in [0.1, 0.15) is 96.5 Å². The number of nitrogens with one attached hydrogen (secondary N) is 2. The molecule has 5 N–H and O–H groups in total. The second-order valence-corrected chi connectivity index (χ2v) is 11.4. The topological polar surface area (TPSA) is 96.6 Å². The molecule has 0 fully saturated rings. The zero-order valence-electron chi connectivity index (χ0n) is 22.2. The monoisotopic (exact) mass is 515 g/mol. The van der Waals surface area contributed by atoms with Crippen LogP contribution in [0.3, 0.4) is 0 Å². The van der Waals surface area contributed by atoms with Crippen LogP contribution in [-0.4, -0.2) is 21.8 Å². The van der Waals surface area contributed by atoms with Gasteiger partial charge in [-0.25, -0.2) is 10.2 Å². The lowest BCUT2D eigenvalue weighted by molar-refractivity contribution is 0.244. The fourth-order valence-electron chi connectivity index (χ4n) is 4.41. The van der Waals surface area contributed by atoms with Gasteiger partial charge >= 0.3 is 6.03 Å². The van der Waals surface area contributed by atoms with Gasteiger partial charge in [0.25, 0.3) is 0 Å². The quantitative estimate of drug-likeness (QED) is 0.0921. The predicted octanol–water partition coefficient (Wildman–Crippen LogP) is 7.83. The number of phenols is 1. The number of hydrazine groups is 1. The Morgan fingerprint density at radius 3 is 2.06 bits per heavy atom. The zero-order valence-corrected chi connectivity index (χ0v) is 23.0. The summed E-state index contributed by atoms with van der Waals surface area (Å²) in [7, 11) is 0. The van der Waals surface area contributed by atoms with Gasteiger partial charge in [0, 0.05) is 5.25 Å². The molecule has 0 heterocycles. The molecule has 0 aliphatic rings. The number of carbonyl (C=O) groups excluding carboxylic acids is 1. The Morgan fingerprint density at radius 1 is 0.917 bits per heavy atom. The molecule has 3 unspecified atom stereocenters. The summed E-state index contributed by atoms with van der Waals surface area (Å²) < 4.78 is 5.93. The van der Waals surface area contributed by atoms with Crippen molar-refractivity contribution in [2.75, 3.05) is 0 Å². The molecule has 0 saturated carbocycles. The van der Waals surface area contributed by atoms with E-state index in [0.717, 1.165) is 12.2 Å². The molecule has 0 spiro atoms. The molecule has 2 amide bonds. The lowest BCUT2D eigenvalue weighted by atomic mass is 9.89. The number of unbranched alkanes of at least 4 members (excludes halogenated alkanes) is 7. The summed E-state index contributed by atoms with van der Waals surface area (Å²) in [5.41, 5.74) is 11.9. The maximum absolute atomic E-state index is 11.0. The van der Waals surface area contributed by atoms with Crippen LogP contribution in [-0.2, 0) is 0 Å². The third-order valence-corrected chi connectivity index (χ3v) is 7.46. The van der Waals surface area contributed by atoms with Crippen molar-refractivity contribution in [3.8, 4) is 17.2 Å². The van der Waals surface area contributed by atoms with Gasteiger partial charge in [0.1, 0.15) is 17.2 Å². The van der Waals surface area contributed by atoms with Gasteiger partial charge in [0.15, 0.2) is 0 Å². The molecular weight excluding hydrogens is 470 g/mol. The maximum atomic E-state index is 11.0. The molecule has 36 heavy (non-hydrogen) atoms. The Bertz CT molecular complexity index is 861. The van der Waals surface area contributed by atoms with Crippen LogP contribution in [0, 0.1) is 0 Å². The molecule has 0 aliphatic heterocycles. The number of carbonyl (C=O) groups is 1. The number of nitrogens with two attached hydrogens (primary N) is 1. The second kappa shape index (κ2) is 17.1. The molecule has 2 aromatic carbocycles. The van der Waals surface area contributed by atoms with Gasteiger partial charge in [-0.05, 0) is 67.6 Å². The van der Waals surface area contributed by atoms with Crippen molar-refractivity contribution in [2.24, 2.45) is 5.73 Å². The molecule has 2 aromatic rings. The van der Waals surface area contributed by atoms with Crippen LogP contribution in [0.2, 0.25) is 0 Å². The highest BCUT2D eigenvalue weighted by molar-refractivity contribution is 8.00. The number of hydrogen-bond donors (Lipinski definition) is 4. The zero-order chi connectivity index (χ0) is 26.2. The van der Waals surface area contributed by atoms with Gasteiger partial charge in [0.2, 0.25) is 0 Å². The molecule has 0 aliphatic carbocycles. The number of phenolic OH excluding ortho intramolecular Hbond substituents is 1. The number of urea groups is 1. The first-order valence-electron chi connectivity index (χ1n) is 13.4. The largest absolute Gasteiger partial charge is 0.508 e. The number of thioether (sulfide) groups is 1. The standard InChI is InChI=1S/C29H45N3O3S/c1-4-5-6-7-8-9-10-11-12-25(21-22(2)36-23(3)31-32-29(30)34)24-13-17-27(18-14-24)35-28-19-15-26(33)16-20-28/h13-20,22-23,25,31,33H,4-12,21H2,1-3H3,(H3,30,32,34). The van der Waals surface area contributed by atoms with Gasteiger partial charge in [0.05, 0.1) is 5.37 Å². The Balaban J connectivity index is 1.93. The van der Waals surface area contributed by atoms with E-state index in [9.17, 15) is 9.90 Å². The third-order valence-electron chi connectivity index (χ3n) is 6.28. The Morgan fingerprint density at radius 2 is 1.47 bits per heavy atom. The number of aromatic hydroxyl groups is 1. The molecule has 3 atom stereocenters. The van der Waals surface area contributed by atoms with Crippen LogP contribution >= 0.6 is 11.8 Å². The average molecular weight is 516 g/mol. The normalized spacial score (nSPS) is 13.6. The number of hydrogen-bond acceptors (Lipinski definition) is 5. The van der Waals surface area contributed by atoms with Gasteiger partial charge < -0.3 is 15.6 Å². The number of amides is 2. The van der Waals surface area contributed by atoms with E-state index in [4.69, 9.17) is 10.5 Å². The Kier molecular flexibility index (Phi) is 14.2. The first-order chi connectivity index (χ1) is 17.4. The van der Waals surface area contributed by atoms with Crippen molar-refractivity contribution in [3.63, 3.8) is 0 Å². The summed E-state index contributed by atoms with van der Waals surface area (Å²) >= 11 is 1.80. The highest BCUT2D eigenvalue weighted by atomic mass is 32.2. The first kappa shape index (κ1) is 29.8. The van der Waals surface area contributed by atoms with Crippen LogP contribution in [0.15, 0.2) is 48.5 Å². The van der Waals surface area contributed by atoms with E-state index in [2.05, 4.69) is 36.8 Å². The highest BCUT2D eigenvalue weighted by Crippen LogP contribution is 2.34. The lowest BCUT2D eigenvalue weighted by Gasteiger charge is -2.24. The van der Waals surface area contributed by atoms with E-state index in [1.807, 2.05) is 19.1 Å². The van der Waals surface area contributed by atoms with E-state index >= 15 is 0 Å². The van der Waals surface area contributed by atoms with Gasteiger partial charge in [-0.15, -0.1) is 11.8 Å². The van der Waals surface area contributed by atoms with Crippen LogP contribution in [0.4, 0.5) is 4.79 Å². The molecule has 6 nitrogen and oxygen atoms in total. The van der Waals surface area contributed by atoms with Crippen LogP contribution in [0.5, 0.6) is 17.2 Å². The molecule has 200 valence electrons. The molecule has 0 saturated heterocycles. The second-order valence-electron chi connectivity index (χ2n) is 9.58. The fraction of sp³-hybridized carbons (Fsp3) is 0.552. The van der Waals surface area contributed by atoms with Crippen LogP contribution in [0.25, 0.3) is 0 Å². The van der Waals surface area contributed by atoms with Crippen molar-refractivity contribution in [1.82, 2.24) is 10.9 Å².